The molecule has 0 aliphatic rings. The molecule has 0 amide bonds. The van der Waals surface area contributed by atoms with Gasteiger partial charge in [-0.1, -0.05) is 55.5 Å². The molecule has 0 aliphatic carbocycles. The SMILES string of the molecule is CCc1ccc(-c2ccc(C(=O)Oc3ccc(-c4ccc(OC)c(F)c4)cc3)c(F)c2F)cc1. The highest BCUT2D eigenvalue weighted by molar-refractivity contribution is 5.92. The Bertz CT molecular complexity index is 1330. The van der Waals surface area contributed by atoms with Gasteiger partial charge in [-0.15, -0.1) is 0 Å². The third kappa shape index (κ3) is 4.66. The van der Waals surface area contributed by atoms with Gasteiger partial charge in [0, 0.05) is 5.56 Å². The molecule has 34 heavy (non-hydrogen) atoms. The van der Waals surface area contributed by atoms with Crippen LogP contribution in [0.1, 0.15) is 22.8 Å². The zero-order chi connectivity index (χ0) is 24.2. The monoisotopic (exact) mass is 462 g/mol. The van der Waals surface area contributed by atoms with Crippen molar-refractivity contribution in [3.05, 3.63) is 107 Å². The van der Waals surface area contributed by atoms with E-state index in [-0.39, 0.29) is 17.1 Å². The molecule has 0 atom stereocenters. The van der Waals surface area contributed by atoms with E-state index in [0.29, 0.717) is 16.7 Å². The van der Waals surface area contributed by atoms with Crippen LogP contribution >= 0.6 is 0 Å². The van der Waals surface area contributed by atoms with Crippen molar-refractivity contribution in [3.8, 4) is 33.8 Å². The van der Waals surface area contributed by atoms with Gasteiger partial charge in [-0.05, 0) is 59.0 Å². The molecule has 0 aliphatic heterocycles. The molecule has 0 spiro atoms. The number of ether oxygens (including phenoxy) is 2. The van der Waals surface area contributed by atoms with Crippen molar-refractivity contribution < 1.29 is 27.4 Å². The van der Waals surface area contributed by atoms with Crippen LogP contribution in [0.25, 0.3) is 22.3 Å². The number of methoxy groups -OCH3 is 1. The molecular formula is C28H21F3O3. The predicted octanol–water partition coefficient (Wildman–Crippen LogP) is 7.23. The Hall–Kier alpha value is -4.06. The molecule has 0 N–H and O–H groups in total. The summed E-state index contributed by atoms with van der Waals surface area (Å²) in [5, 5.41) is 0. The Morgan fingerprint density at radius 2 is 1.41 bits per heavy atom. The molecule has 3 nitrogen and oxygen atoms in total. The largest absolute Gasteiger partial charge is 0.494 e. The Kier molecular flexibility index (Phi) is 6.68. The van der Waals surface area contributed by atoms with E-state index in [1.54, 1.807) is 30.3 Å². The van der Waals surface area contributed by atoms with Crippen molar-refractivity contribution in [2.45, 2.75) is 13.3 Å². The molecule has 6 heteroatoms. The second-order valence-electron chi connectivity index (χ2n) is 7.60. The summed E-state index contributed by atoms with van der Waals surface area (Å²) in [6.45, 7) is 2.00. The lowest BCUT2D eigenvalue weighted by Crippen LogP contribution is -2.12. The third-order valence-corrected chi connectivity index (χ3v) is 5.53. The van der Waals surface area contributed by atoms with Crippen molar-refractivity contribution >= 4 is 5.97 Å². The first-order chi connectivity index (χ1) is 16.4. The quantitative estimate of drug-likeness (QED) is 0.224. The van der Waals surface area contributed by atoms with Crippen LogP contribution in [-0.4, -0.2) is 13.1 Å². The van der Waals surface area contributed by atoms with Crippen molar-refractivity contribution in [1.82, 2.24) is 0 Å². The summed E-state index contributed by atoms with van der Waals surface area (Å²) in [7, 11) is 1.38. The topological polar surface area (TPSA) is 35.5 Å². The van der Waals surface area contributed by atoms with Gasteiger partial charge in [0.1, 0.15) is 5.75 Å². The van der Waals surface area contributed by atoms with E-state index in [1.165, 1.54) is 43.5 Å². The summed E-state index contributed by atoms with van der Waals surface area (Å²) in [5.41, 5.74) is 2.43. The normalized spacial score (nSPS) is 10.7. The van der Waals surface area contributed by atoms with E-state index in [0.717, 1.165) is 12.0 Å². The first-order valence-electron chi connectivity index (χ1n) is 10.6. The zero-order valence-electron chi connectivity index (χ0n) is 18.6. The smallest absolute Gasteiger partial charge is 0.346 e. The third-order valence-electron chi connectivity index (χ3n) is 5.53. The molecule has 4 rings (SSSR count). The maximum absolute atomic E-state index is 14.7. The highest BCUT2D eigenvalue weighted by Gasteiger charge is 2.21. The van der Waals surface area contributed by atoms with Crippen LogP contribution in [0.5, 0.6) is 11.5 Å². The Labute approximate surface area is 195 Å². The standard InChI is InChI=1S/C28H21F3O3/c1-3-17-4-6-19(7-5-17)22-13-14-23(27(31)26(22)30)28(32)34-21-11-8-18(9-12-21)20-10-15-25(33-2)24(29)16-20/h4-16H,3H2,1-2H3. The molecular weight excluding hydrogens is 441 g/mol. The summed E-state index contributed by atoms with van der Waals surface area (Å²) in [4.78, 5) is 12.5. The number of halogens is 3. The summed E-state index contributed by atoms with van der Waals surface area (Å²) < 4.78 is 53.5. The number of carbonyl (C=O) groups excluding carboxylic acids is 1. The zero-order valence-corrected chi connectivity index (χ0v) is 18.6. The molecule has 4 aromatic carbocycles. The first kappa shape index (κ1) is 23.1. The second-order valence-corrected chi connectivity index (χ2v) is 7.60. The van der Waals surface area contributed by atoms with Gasteiger partial charge in [0.15, 0.2) is 23.2 Å². The van der Waals surface area contributed by atoms with Crippen LogP contribution in [-0.2, 0) is 6.42 Å². The van der Waals surface area contributed by atoms with Gasteiger partial charge in [-0.2, -0.15) is 0 Å². The molecule has 172 valence electrons. The minimum absolute atomic E-state index is 0.0628. The van der Waals surface area contributed by atoms with Gasteiger partial charge in [0.2, 0.25) is 0 Å². The molecule has 0 saturated carbocycles. The Morgan fingerprint density at radius 1 is 0.765 bits per heavy atom. The lowest BCUT2D eigenvalue weighted by atomic mass is 10.0. The van der Waals surface area contributed by atoms with Gasteiger partial charge in [0.05, 0.1) is 12.7 Å². The van der Waals surface area contributed by atoms with E-state index < -0.39 is 29.0 Å². The lowest BCUT2D eigenvalue weighted by molar-refractivity contribution is 0.0729. The fourth-order valence-corrected chi connectivity index (χ4v) is 3.57. The minimum Gasteiger partial charge on any atom is -0.494 e. The van der Waals surface area contributed by atoms with Gasteiger partial charge in [-0.3, -0.25) is 0 Å². The van der Waals surface area contributed by atoms with Crippen molar-refractivity contribution in [2.75, 3.05) is 7.11 Å². The summed E-state index contributed by atoms with van der Waals surface area (Å²) in [6, 6.07) is 20.5. The molecule has 0 fully saturated rings. The molecule has 4 aromatic rings. The maximum atomic E-state index is 14.7. The predicted molar refractivity (Wildman–Crippen MR) is 125 cm³/mol. The number of hydrogen-bond donors (Lipinski definition) is 0. The van der Waals surface area contributed by atoms with Crippen molar-refractivity contribution in [2.24, 2.45) is 0 Å². The Balaban J connectivity index is 1.52. The molecule has 0 heterocycles. The van der Waals surface area contributed by atoms with Gasteiger partial charge < -0.3 is 9.47 Å². The van der Waals surface area contributed by atoms with E-state index in [4.69, 9.17) is 9.47 Å². The number of benzene rings is 4. The van der Waals surface area contributed by atoms with Crippen LogP contribution in [0.3, 0.4) is 0 Å². The van der Waals surface area contributed by atoms with Crippen LogP contribution in [0.4, 0.5) is 13.2 Å². The molecule has 0 bridgehead atoms. The minimum atomic E-state index is -1.27. The molecule has 0 radical (unpaired) electrons. The van der Waals surface area contributed by atoms with Crippen LogP contribution in [0.15, 0.2) is 78.9 Å². The fraction of sp³-hybridized carbons (Fsp3) is 0.107. The van der Waals surface area contributed by atoms with Gasteiger partial charge in [-0.25, -0.2) is 18.0 Å². The first-order valence-corrected chi connectivity index (χ1v) is 10.6. The lowest BCUT2D eigenvalue weighted by Gasteiger charge is -2.10. The maximum Gasteiger partial charge on any atom is 0.346 e. The number of hydrogen-bond acceptors (Lipinski definition) is 3. The second kappa shape index (κ2) is 9.83. The average Bonchev–Trinajstić information content (AvgIpc) is 2.86. The van der Waals surface area contributed by atoms with E-state index in [9.17, 15) is 18.0 Å². The summed E-state index contributed by atoms with van der Waals surface area (Å²) in [5.74, 6) is -3.64. The van der Waals surface area contributed by atoms with Gasteiger partial charge >= 0.3 is 5.97 Å². The number of aryl methyl sites for hydroxylation is 1. The molecule has 0 aromatic heterocycles. The molecule has 0 unspecified atom stereocenters. The van der Waals surface area contributed by atoms with Crippen molar-refractivity contribution in [1.29, 1.82) is 0 Å². The average molecular weight is 462 g/mol. The van der Waals surface area contributed by atoms with E-state index in [2.05, 4.69) is 0 Å². The van der Waals surface area contributed by atoms with E-state index >= 15 is 0 Å². The van der Waals surface area contributed by atoms with Crippen molar-refractivity contribution in [3.63, 3.8) is 0 Å². The summed E-state index contributed by atoms with van der Waals surface area (Å²) in [6.07, 6.45) is 0.833. The van der Waals surface area contributed by atoms with Gasteiger partial charge in [0.25, 0.3) is 0 Å². The highest BCUT2D eigenvalue weighted by atomic mass is 19.2. The summed E-state index contributed by atoms with van der Waals surface area (Å²) >= 11 is 0. The molecule has 0 saturated heterocycles. The number of carbonyl (C=O) groups is 1. The van der Waals surface area contributed by atoms with Crippen LogP contribution < -0.4 is 9.47 Å². The Morgan fingerprint density at radius 3 is 2.03 bits per heavy atom. The highest BCUT2D eigenvalue weighted by Crippen LogP contribution is 2.29. The van der Waals surface area contributed by atoms with Crippen LogP contribution in [0.2, 0.25) is 0 Å². The number of rotatable bonds is 6. The number of esters is 1. The van der Waals surface area contributed by atoms with E-state index in [1.807, 2.05) is 19.1 Å². The van der Waals surface area contributed by atoms with Crippen LogP contribution in [0, 0.1) is 17.5 Å². The fourth-order valence-electron chi connectivity index (χ4n) is 3.57.